The summed E-state index contributed by atoms with van der Waals surface area (Å²) in [6.07, 6.45) is 0. The molecule has 2 aromatic rings. The van der Waals surface area contributed by atoms with Gasteiger partial charge in [-0.25, -0.2) is 0 Å². The Bertz CT molecular complexity index is 763. The molecule has 1 N–H and O–H groups in total. The van der Waals surface area contributed by atoms with Crippen LogP contribution in [0.5, 0.6) is 0 Å². The van der Waals surface area contributed by atoms with Gasteiger partial charge in [-0.05, 0) is 30.3 Å². The lowest BCUT2D eigenvalue weighted by molar-refractivity contribution is 0.0976. The second-order valence-electron chi connectivity index (χ2n) is 5.39. The lowest BCUT2D eigenvalue weighted by Gasteiger charge is -2.14. The minimum absolute atomic E-state index is 0.108. The van der Waals surface area contributed by atoms with Gasteiger partial charge in [-0.2, -0.15) is 5.10 Å². The maximum absolute atomic E-state index is 12.2. The van der Waals surface area contributed by atoms with Crippen LogP contribution in [-0.4, -0.2) is 18.3 Å². The highest BCUT2D eigenvalue weighted by Crippen LogP contribution is 2.29. The summed E-state index contributed by atoms with van der Waals surface area (Å²) in [5, 5.41) is 10.2. The van der Waals surface area contributed by atoms with Gasteiger partial charge in [0.25, 0.3) is 5.91 Å². The summed E-state index contributed by atoms with van der Waals surface area (Å²) in [5.74, 6) is 0.592. The number of amidine groups is 1. The Hall–Kier alpha value is -2.04. The molecule has 0 spiro atoms. The van der Waals surface area contributed by atoms with Crippen molar-refractivity contribution in [3.63, 3.8) is 0 Å². The fourth-order valence-electron chi connectivity index (χ4n) is 2.35. The average Bonchev–Trinajstić information content (AvgIpc) is 3.00. The lowest BCUT2D eigenvalue weighted by atomic mass is 10.1. The Balaban J connectivity index is 0.00000109. The fraction of sp³-hybridized carbons (Fsp3) is 0.263. The Kier molecular flexibility index (Phi) is 6.85. The summed E-state index contributed by atoms with van der Waals surface area (Å²) in [5.41, 5.74) is 1.45. The molecule has 1 heterocycles. The molecular formula is C19H21Cl2N3O. The molecule has 1 atom stereocenters. The first-order chi connectivity index (χ1) is 12.0. The average molecular weight is 378 g/mol. The van der Waals surface area contributed by atoms with E-state index in [0.717, 1.165) is 5.69 Å². The van der Waals surface area contributed by atoms with Gasteiger partial charge in [-0.15, -0.1) is 0 Å². The van der Waals surface area contributed by atoms with Gasteiger partial charge in [0.1, 0.15) is 5.84 Å². The summed E-state index contributed by atoms with van der Waals surface area (Å²) in [6, 6.07) is 14.4. The van der Waals surface area contributed by atoms with E-state index in [1.54, 1.807) is 24.3 Å². The quantitative estimate of drug-likeness (QED) is 0.779. The Morgan fingerprint density at radius 2 is 1.80 bits per heavy atom. The minimum Gasteiger partial charge on any atom is -0.308 e. The number of carbonyl (C=O) groups is 1. The number of rotatable bonds is 2. The first kappa shape index (κ1) is 19.3. The SMILES string of the molecule is CC.CC1CN(c2ccc(Cl)c(Cl)c2)N=C1NC(=O)c1ccccc1. The van der Waals surface area contributed by atoms with Crippen molar-refractivity contribution in [3.8, 4) is 0 Å². The second-order valence-corrected chi connectivity index (χ2v) is 6.20. The highest BCUT2D eigenvalue weighted by atomic mass is 35.5. The van der Waals surface area contributed by atoms with Gasteiger partial charge < -0.3 is 5.32 Å². The van der Waals surface area contributed by atoms with Crippen LogP contribution >= 0.6 is 23.2 Å². The molecule has 25 heavy (non-hydrogen) atoms. The van der Waals surface area contributed by atoms with Crippen molar-refractivity contribution in [3.05, 3.63) is 64.1 Å². The molecule has 3 rings (SSSR count). The number of nitrogens with one attached hydrogen (secondary N) is 1. The van der Waals surface area contributed by atoms with Crippen LogP contribution in [0, 0.1) is 5.92 Å². The van der Waals surface area contributed by atoms with Gasteiger partial charge in [-0.1, -0.05) is 62.2 Å². The number of benzene rings is 2. The number of amides is 1. The third-order valence-corrected chi connectivity index (χ3v) is 4.36. The molecule has 1 unspecified atom stereocenters. The van der Waals surface area contributed by atoms with Crippen molar-refractivity contribution in [2.24, 2.45) is 11.0 Å². The number of anilines is 1. The van der Waals surface area contributed by atoms with E-state index in [1.807, 2.05) is 50.0 Å². The topological polar surface area (TPSA) is 44.7 Å². The van der Waals surface area contributed by atoms with Crippen molar-refractivity contribution in [2.75, 3.05) is 11.6 Å². The van der Waals surface area contributed by atoms with Gasteiger partial charge >= 0.3 is 0 Å². The van der Waals surface area contributed by atoms with Crippen LogP contribution in [0.4, 0.5) is 5.69 Å². The number of hydrogen-bond acceptors (Lipinski definition) is 3. The van der Waals surface area contributed by atoms with Crippen molar-refractivity contribution in [1.82, 2.24) is 5.32 Å². The van der Waals surface area contributed by atoms with Gasteiger partial charge in [-0.3, -0.25) is 9.80 Å². The van der Waals surface area contributed by atoms with E-state index in [0.29, 0.717) is 28.0 Å². The summed E-state index contributed by atoms with van der Waals surface area (Å²) in [4.78, 5) is 12.2. The van der Waals surface area contributed by atoms with E-state index in [4.69, 9.17) is 23.2 Å². The predicted octanol–water partition coefficient (Wildman–Crippen LogP) is 5.22. The lowest BCUT2D eigenvalue weighted by Crippen LogP contribution is -2.33. The maximum Gasteiger partial charge on any atom is 0.256 e. The highest BCUT2D eigenvalue weighted by Gasteiger charge is 2.25. The molecule has 2 aromatic carbocycles. The molecule has 0 radical (unpaired) electrons. The first-order valence-electron chi connectivity index (χ1n) is 8.22. The van der Waals surface area contributed by atoms with Crippen LogP contribution in [0.15, 0.2) is 53.6 Å². The number of halogens is 2. The van der Waals surface area contributed by atoms with Crippen LogP contribution in [-0.2, 0) is 0 Å². The van der Waals surface area contributed by atoms with E-state index in [-0.39, 0.29) is 11.8 Å². The number of carbonyl (C=O) groups excluding carboxylic acids is 1. The van der Waals surface area contributed by atoms with Crippen LogP contribution in [0.2, 0.25) is 10.0 Å². The van der Waals surface area contributed by atoms with Crippen LogP contribution in [0.25, 0.3) is 0 Å². The Morgan fingerprint density at radius 3 is 2.44 bits per heavy atom. The zero-order valence-corrected chi connectivity index (χ0v) is 16.0. The maximum atomic E-state index is 12.2. The summed E-state index contributed by atoms with van der Waals surface area (Å²) in [6.45, 7) is 6.68. The predicted molar refractivity (Wildman–Crippen MR) is 106 cm³/mol. The van der Waals surface area contributed by atoms with Crippen molar-refractivity contribution >= 4 is 40.6 Å². The molecule has 132 valence electrons. The third kappa shape index (κ3) is 4.74. The monoisotopic (exact) mass is 377 g/mol. The summed E-state index contributed by atoms with van der Waals surface area (Å²) in [7, 11) is 0. The van der Waals surface area contributed by atoms with Crippen LogP contribution in [0.1, 0.15) is 31.1 Å². The van der Waals surface area contributed by atoms with Gasteiger partial charge in [0, 0.05) is 11.5 Å². The molecule has 6 heteroatoms. The number of nitrogens with zero attached hydrogens (tertiary/aromatic N) is 2. The van der Waals surface area contributed by atoms with Crippen molar-refractivity contribution in [1.29, 1.82) is 0 Å². The summed E-state index contributed by atoms with van der Waals surface area (Å²) < 4.78 is 0. The highest BCUT2D eigenvalue weighted by molar-refractivity contribution is 6.42. The van der Waals surface area contributed by atoms with Gasteiger partial charge in [0.05, 0.1) is 22.3 Å². The minimum atomic E-state index is -0.160. The molecular weight excluding hydrogens is 357 g/mol. The summed E-state index contributed by atoms with van der Waals surface area (Å²) >= 11 is 12.0. The van der Waals surface area contributed by atoms with Crippen molar-refractivity contribution < 1.29 is 4.79 Å². The molecule has 0 aromatic heterocycles. The molecule has 0 saturated carbocycles. The molecule has 0 fully saturated rings. The van der Waals surface area contributed by atoms with E-state index in [9.17, 15) is 4.79 Å². The zero-order valence-electron chi connectivity index (χ0n) is 14.5. The molecule has 0 bridgehead atoms. The molecule has 4 nitrogen and oxygen atoms in total. The smallest absolute Gasteiger partial charge is 0.256 e. The Morgan fingerprint density at radius 1 is 1.12 bits per heavy atom. The second kappa shape index (κ2) is 8.88. The Labute approximate surface area is 158 Å². The van der Waals surface area contributed by atoms with Crippen LogP contribution in [0.3, 0.4) is 0 Å². The van der Waals surface area contributed by atoms with E-state index >= 15 is 0 Å². The van der Waals surface area contributed by atoms with Crippen LogP contribution < -0.4 is 10.3 Å². The van der Waals surface area contributed by atoms with Gasteiger partial charge in [0.2, 0.25) is 0 Å². The fourth-order valence-corrected chi connectivity index (χ4v) is 2.64. The van der Waals surface area contributed by atoms with E-state index in [1.165, 1.54) is 0 Å². The molecule has 0 aliphatic carbocycles. The van der Waals surface area contributed by atoms with E-state index < -0.39 is 0 Å². The molecule has 1 amide bonds. The third-order valence-electron chi connectivity index (χ3n) is 3.62. The molecule has 1 aliphatic heterocycles. The molecule has 0 saturated heterocycles. The molecule has 1 aliphatic rings. The largest absolute Gasteiger partial charge is 0.308 e. The van der Waals surface area contributed by atoms with Gasteiger partial charge in [0.15, 0.2) is 0 Å². The van der Waals surface area contributed by atoms with E-state index in [2.05, 4.69) is 10.4 Å². The first-order valence-corrected chi connectivity index (χ1v) is 8.97. The zero-order chi connectivity index (χ0) is 18.4. The number of hydrogen-bond donors (Lipinski definition) is 1. The van der Waals surface area contributed by atoms with Crippen molar-refractivity contribution in [2.45, 2.75) is 20.8 Å². The standard InChI is InChI=1S/C17H15Cl2N3O.C2H6/c1-11-10-22(13-7-8-14(18)15(19)9-13)21-16(11)20-17(23)12-5-3-2-4-6-12;1-2/h2-9,11H,10H2,1H3,(H,20,21,23);1-2H3. The number of hydrazone groups is 1. The normalized spacial score (nSPS) is 16.0.